The summed E-state index contributed by atoms with van der Waals surface area (Å²) < 4.78 is 10.3. The Balaban J connectivity index is 1.94. The fourth-order valence-electron chi connectivity index (χ4n) is 2.14. The van der Waals surface area contributed by atoms with Gasteiger partial charge in [0.25, 0.3) is 5.91 Å². The predicted octanol–water partition coefficient (Wildman–Crippen LogP) is 2.88. The van der Waals surface area contributed by atoms with E-state index in [1.54, 1.807) is 19.2 Å². The maximum atomic E-state index is 11.7. The molecule has 0 atom stereocenters. The summed E-state index contributed by atoms with van der Waals surface area (Å²) in [7, 11) is 1.67. The molecule has 1 heterocycles. The number of rotatable bonds is 5. The second-order valence-corrected chi connectivity index (χ2v) is 4.73. The maximum absolute atomic E-state index is 11.7. The van der Waals surface area contributed by atoms with E-state index in [1.807, 2.05) is 19.9 Å². The lowest BCUT2D eigenvalue weighted by atomic mass is 10.0. The number of hydrogen-bond acceptors (Lipinski definition) is 3. The molecule has 0 saturated carbocycles. The van der Waals surface area contributed by atoms with Gasteiger partial charge in [-0.05, 0) is 55.2 Å². The molecule has 4 nitrogen and oxygen atoms in total. The van der Waals surface area contributed by atoms with E-state index in [2.05, 4.69) is 11.4 Å². The first kappa shape index (κ1) is 14.2. The van der Waals surface area contributed by atoms with Gasteiger partial charge in [0.05, 0.1) is 13.4 Å². The summed E-state index contributed by atoms with van der Waals surface area (Å²) in [6, 6.07) is 7.48. The van der Waals surface area contributed by atoms with Crippen LogP contribution in [0.4, 0.5) is 0 Å². The van der Waals surface area contributed by atoms with Crippen LogP contribution in [0, 0.1) is 13.8 Å². The van der Waals surface area contributed by atoms with E-state index < -0.39 is 0 Å². The van der Waals surface area contributed by atoms with Gasteiger partial charge in [-0.2, -0.15) is 0 Å². The molecular weight excluding hydrogens is 254 g/mol. The maximum Gasteiger partial charge on any atom is 0.286 e. The molecule has 2 aromatic rings. The minimum Gasteiger partial charge on any atom is -0.496 e. The van der Waals surface area contributed by atoms with Gasteiger partial charge < -0.3 is 14.5 Å². The van der Waals surface area contributed by atoms with E-state index in [4.69, 9.17) is 9.15 Å². The van der Waals surface area contributed by atoms with Crippen LogP contribution in [0.2, 0.25) is 0 Å². The molecule has 0 spiro atoms. The summed E-state index contributed by atoms with van der Waals surface area (Å²) in [6.45, 7) is 4.64. The molecular formula is C16H19NO3. The van der Waals surface area contributed by atoms with Crippen molar-refractivity contribution in [1.82, 2.24) is 5.32 Å². The highest BCUT2D eigenvalue weighted by Gasteiger charge is 2.09. The van der Waals surface area contributed by atoms with Crippen LogP contribution in [-0.2, 0) is 6.42 Å². The van der Waals surface area contributed by atoms with Crippen LogP contribution in [0.3, 0.4) is 0 Å². The first-order valence-electron chi connectivity index (χ1n) is 6.57. The molecule has 0 aliphatic carbocycles. The number of methoxy groups -OCH3 is 1. The van der Waals surface area contributed by atoms with E-state index in [0.29, 0.717) is 12.3 Å². The van der Waals surface area contributed by atoms with Gasteiger partial charge in [-0.15, -0.1) is 0 Å². The molecule has 1 aromatic heterocycles. The van der Waals surface area contributed by atoms with Crippen LogP contribution in [0.1, 0.15) is 27.2 Å². The highest BCUT2D eigenvalue weighted by Crippen LogP contribution is 2.22. The van der Waals surface area contributed by atoms with E-state index >= 15 is 0 Å². The number of carbonyl (C=O) groups is 1. The van der Waals surface area contributed by atoms with Crippen molar-refractivity contribution in [3.8, 4) is 5.75 Å². The van der Waals surface area contributed by atoms with Crippen molar-refractivity contribution in [2.75, 3.05) is 13.7 Å². The predicted molar refractivity (Wildman–Crippen MR) is 77.2 cm³/mol. The van der Waals surface area contributed by atoms with E-state index in [-0.39, 0.29) is 5.91 Å². The second kappa shape index (κ2) is 6.28. The number of benzene rings is 1. The minimum absolute atomic E-state index is 0.183. The average molecular weight is 273 g/mol. The van der Waals surface area contributed by atoms with Crippen LogP contribution >= 0.6 is 0 Å². The summed E-state index contributed by atoms with van der Waals surface area (Å²) in [5.74, 6) is 1.05. The second-order valence-electron chi connectivity index (χ2n) is 4.73. The zero-order valence-corrected chi connectivity index (χ0v) is 12.0. The topological polar surface area (TPSA) is 51.5 Å². The van der Waals surface area contributed by atoms with Crippen LogP contribution in [0.25, 0.3) is 0 Å². The first-order valence-corrected chi connectivity index (χ1v) is 6.57. The Morgan fingerprint density at radius 3 is 2.75 bits per heavy atom. The Labute approximate surface area is 118 Å². The lowest BCUT2D eigenvalue weighted by molar-refractivity contribution is 0.0926. The molecule has 106 valence electrons. The van der Waals surface area contributed by atoms with E-state index in [0.717, 1.165) is 17.7 Å². The van der Waals surface area contributed by atoms with Gasteiger partial charge in [-0.3, -0.25) is 4.79 Å². The van der Waals surface area contributed by atoms with Gasteiger partial charge in [0.15, 0.2) is 5.76 Å². The fraction of sp³-hybridized carbons (Fsp3) is 0.312. The molecule has 1 aromatic carbocycles. The van der Waals surface area contributed by atoms with E-state index in [9.17, 15) is 4.79 Å². The molecule has 0 bridgehead atoms. The Morgan fingerprint density at radius 1 is 1.30 bits per heavy atom. The van der Waals surface area contributed by atoms with Gasteiger partial charge in [-0.1, -0.05) is 6.07 Å². The van der Waals surface area contributed by atoms with Crippen LogP contribution in [0.5, 0.6) is 5.75 Å². The Hall–Kier alpha value is -2.23. The Bertz CT molecular complexity index is 588. The lowest BCUT2D eigenvalue weighted by Crippen LogP contribution is -2.25. The first-order chi connectivity index (χ1) is 9.61. The summed E-state index contributed by atoms with van der Waals surface area (Å²) in [5, 5.41) is 2.84. The Morgan fingerprint density at radius 2 is 2.10 bits per heavy atom. The number of carbonyl (C=O) groups excluding carboxylic acids is 1. The van der Waals surface area contributed by atoms with Gasteiger partial charge in [0.1, 0.15) is 5.75 Å². The standard InChI is InChI=1S/C16H19NO3/c1-11-10-15(19-3)12(2)9-13(11)6-7-17-16(18)14-5-4-8-20-14/h4-5,8-10H,6-7H2,1-3H3,(H,17,18). The SMILES string of the molecule is COc1cc(C)c(CCNC(=O)c2ccco2)cc1C. The molecule has 0 fully saturated rings. The summed E-state index contributed by atoms with van der Waals surface area (Å²) in [4.78, 5) is 11.7. The normalized spacial score (nSPS) is 10.3. The van der Waals surface area contributed by atoms with Gasteiger partial charge in [0.2, 0.25) is 0 Å². The van der Waals surface area contributed by atoms with Crippen molar-refractivity contribution in [2.45, 2.75) is 20.3 Å². The monoisotopic (exact) mass is 273 g/mol. The van der Waals surface area contributed by atoms with Gasteiger partial charge in [-0.25, -0.2) is 0 Å². The van der Waals surface area contributed by atoms with Crippen molar-refractivity contribution in [3.63, 3.8) is 0 Å². The van der Waals surface area contributed by atoms with Crippen LogP contribution < -0.4 is 10.1 Å². The zero-order chi connectivity index (χ0) is 14.5. The third kappa shape index (κ3) is 3.20. The van der Waals surface area contributed by atoms with Crippen molar-refractivity contribution in [2.24, 2.45) is 0 Å². The van der Waals surface area contributed by atoms with Crippen LogP contribution in [-0.4, -0.2) is 19.6 Å². The summed E-state index contributed by atoms with van der Waals surface area (Å²) in [6.07, 6.45) is 2.27. The highest BCUT2D eigenvalue weighted by molar-refractivity contribution is 5.91. The van der Waals surface area contributed by atoms with Crippen molar-refractivity contribution < 1.29 is 13.9 Å². The number of amides is 1. The Kier molecular flexibility index (Phi) is 4.45. The number of nitrogens with one attached hydrogen (secondary N) is 1. The zero-order valence-electron chi connectivity index (χ0n) is 12.0. The van der Waals surface area contributed by atoms with Crippen molar-refractivity contribution in [3.05, 3.63) is 53.0 Å². The third-order valence-electron chi connectivity index (χ3n) is 3.28. The molecule has 0 unspecified atom stereocenters. The molecule has 4 heteroatoms. The fourth-order valence-corrected chi connectivity index (χ4v) is 2.14. The lowest BCUT2D eigenvalue weighted by Gasteiger charge is -2.11. The molecule has 0 aliphatic heterocycles. The molecule has 0 saturated heterocycles. The molecule has 0 radical (unpaired) electrons. The largest absolute Gasteiger partial charge is 0.496 e. The van der Waals surface area contributed by atoms with Crippen LogP contribution in [0.15, 0.2) is 34.9 Å². The molecule has 1 N–H and O–H groups in total. The number of ether oxygens (including phenoxy) is 1. The molecule has 1 amide bonds. The van der Waals surface area contributed by atoms with Gasteiger partial charge in [0, 0.05) is 6.54 Å². The van der Waals surface area contributed by atoms with Gasteiger partial charge >= 0.3 is 0 Å². The molecule has 20 heavy (non-hydrogen) atoms. The van der Waals surface area contributed by atoms with E-state index in [1.165, 1.54) is 17.4 Å². The summed E-state index contributed by atoms with van der Waals surface area (Å²) >= 11 is 0. The van der Waals surface area contributed by atoms with Crippen molar-refractivity contribution in [1.29, 1.82) is 0 Å². The summed E-state index contributed by atoms with van der Waals surface area (Å²) in [5.41, 5.74) is 3.48. The highest BCUT2D eigenvalue weighted by atomic mass is 16.5. The number of furan rings is 1. The minimum atomic E-state index is -0.183. The van der Waals surface area contributed by atoms with Crippen molar-refractivity contribution >= 4 is 5.91 Å². The third-order valence-corrected chi connectivity index (χ3v) is 3.28. The molecule has 0 aliphatic rings. The smallest absolute Gasteiger partial charge is 0.286 e. The molecule has 2 rings (SSSR count). The average Bonchev–Trinajstić information content (AvgIpc) is 2.96. The number of hydrogen-bond donors (Lipinski definition) is 1. The quantitative estimate of drug-likeness (QED) is 0.911. The number of aryl methyl sites for hydroxylation is 2.